The van der Waals surface area contributed by atoms with E-state index in [1.807, 2.05) is 4.90 Å². The van der Waals surface area contributed by atoms with Gasteiger partial charge in [-0.15, -0.1) is 13.2 Å². The molecule has 1 aromatic carbocycles. The molecule has 8 nitrogen and oxygen atoms in total. The van der Waals surface area contributed by atoms with Gasteiger partial charge in [-0.05, 0) is 44.6 Å². The molecule has 0 spiro atoms. The number of aliphatic hydroxyl groups excluding tert-OH is 1. The van der Waals surface area contributed by atoms with Gasteiger partial charge in [-0.3, -0.25) is 0 Å². The zero-order valence-electron chi connectivity index (χ0n) is 18.5. The minimum absolute atomic E-state index is 0.0260. The predicted molar refractivity (Wildman–Crippen MR) is 112 cm³/mol. The Balaban J connectivity index is 1.31. The Kier molecular flexibility index (Phi) is 7.06. The van der Waals surface area contributed by atoms with Gasteiger partial charge in [-0.25, -0.2) is 14.0 Å². The minimum Gasteiger partial charge on any atom is -0.406 e. The summed E-state index contributed by atoms with van der Waals surface area (Å²) in [4.78, 5) is 29.0. The number of nitrogens with one attached hydrogen (secondary N) is 2. The molecular formula is C22H28F4N4O4. The van der Waals surface area contributed by atoms with Crippen molar-refractivity contribution >= 4 is 12.1 Å². The summed E-state index contributed by atoms with van der Waals surface area (Å²) in [6.07, 6.45) is -0.908. The van der Waals surface area contributed by atoms with E-state index in [9.17, 15) is 32.3 Å². The minimum atomic E-state index is -4.92. The lowest BCUT2D eigenvalue weighted by molar-refractivity contribution is -0.274. The summed E-state index contributed by atoms with van der Waals surface area (Å²) in [6.45, 7) is 0.622. The number of ether oxygens (including phenoxy) is 1. The third kappa shape index (κ3) is 6.22. The molecule has 0 radical (unpaired) electrons. The van der Waals surface area contributed by atoms with Gasteiger partial charge in [0, 0.05) is 43.3 Å². The van der Waals surface area contributed by atoms with Crippen molar-refractivity contribution in [3.05, 3.63) is 29.6 Å². The Morgan fingerprint density at radius 3 is 2.53 bits per heavy atom. The second-order valence-corrected chi connectivity index (χ2v) is 9.11. The normalized spacial score (nSPS) is 24.7. The van der Waals surface area contributed by atoms with Crippen LogP contribution in [0.1, 0.15) is 44.1 Å². The number of rotatable bonds is 6. The summed E-state index contributed by atoms with van der Waals surface area (Å²) in [6, 6.07) is 2.10. The average molecular weight is 488 g/mol. The number of halogens is 4. The zero-order chi connectivity index (χ0) is 24.5. The van der Waals surface area contributed by atoms with Crippen LogP contribution in [0.25, 0.3) is 0 Å². The fourth-order valence-electron chi connectivity index (χ4n) is 4.45. The van der Waals surface area contributed by atoms with Crippen molar-refractivity contribution in [2.75, 3.05) is 13.1 Å². The number of piperidine rings is 1. The first-order chi connectivity index (χ1) is 16.1. The van der Waals surface area contributed by atoms with Gasteiger partial charge in [0.05, 0.1) is 12.1 Å². The number of amides is 4. The van der Waals surface area contributed by atoms with Gasteiger partial charge in [0.25, 0.3) is 0 Å². The summed E-state index contributed by atoms with van der Waals surface area (Å²) in [5.74, 6) is -1.59. The number of nitrogens with zero attached hydrogens (tertiary/aromatic N) is 2. The van der Waals surface area contributed by atoms with E-state index < -0.39 is 24.0 Å². The highest BCUT2D eigenvalue weighted by atomic mass is 19.4. The molecule has 3 aliphatic rings. The van der Waals surface area contributed by atoms with Crippen LogP contribution in [0.4, 0.5) is 27.2 Å². The van der Waals surface area contributed by atoms with Crippen LogP contribution in [0.15, 0.2) is 18.2 Å². The van der Waals surface area contributed by atoms with Crippen LogP contribution < -0.4 is 15.4 Å². The molecule has 4 rings (SSSR count). The van der Waals surface area contributed by atoms with Crippen molar-refractivity contribution in [1.29, 1.82) is 0 Å². The molecule has 1 aromatic rings. The van der Waals surface area contributed by atoms with Crippen LogP contribution in [0, 0.1) is 5.82 Å². The number of alkyl halides is 3. The van der Waals surface area contributed by atoms with Crippen LogP contribution >= 0.6 is 0 Å². The Labute approximate surface area is 194 Å². The van der Waals surface area contributed by atoms with Crippen molar-refractivity contribution in [2.24, 2.45) is 0 Å². The molecule has 12 heteroatoms. The molecule has 1 atom stereocenters. The quantitative estimate of drug-likeness (QED) is 0.537. The summed E-state index contributed by atoms with van der Waals surface area (Å²) >= 11 is 0. The van der Waals surface area contributed by atoms with Gasteiger partial charge < -0.3 is 30.3 Å². The smallest absolute Gasteiger partial charge is 0.406 e. The van der Waals surface area contributed by atoms with Crippen molar-refractivity contribution < 1.29 is 37.0 Å². The van der Waals surface area contributed by atoms with Crippen molar-refractivity contribution in [2.45, 2.75) is 75.7 Å². The van der Waals surface area contributed by atoms with Gasteiger partial charge >= 0.3 is 18.4 Å². The molecule has 1 saturated heterocycles. The first-order valence-corrected chi connectivity index (χ1v) is 11.4. The van der Waals surface area contributed by atoms with Crippen LogP contribution in [0.3, 0.4) is 0 Å². The van der Waals surface area contributed by atoms with Crippen molar-refractivity contribution in [3.63, 3.8) is 0 Å². The Bertz CT molecular complexity index is 905. The number of urea groups is 2. The molecule has 3 N–H and O–H groups in total. The highest BCUT2D eigenvalue weighted by molar-refractivity contribution is 5.77. The summed E-state index contributed by atoms with van der Waals surface area (Å²) in [7, 11) is 0. The van der Waals surface area contributed by atoms with Gasteiger partial charge in [-0.1, -0.05) is 6.07 Å². The topological polar surface area (TPSA) is 94.1 Å². The largest absolute Gasteiger partial charge is 0.573 e. The number of benzene rings is 1. The second kappa shape index (κ2) is 9.85. The fraction of sp³-hybridized carbons (Fsp3) is 0.636. The van der Waals surface area contributed by atoms with E-state index >= 15 is 0 Å². The van der Waals surface area contributed by atoms with Crippen LogP contribution in [0.5, 0.6) is 5.75 Å². The standard InChI is InChI=1S/C22H28F4N4O4/c23-19-10-18(34-22(24,25)26)6-3-13(19)11-27-20(32)29-7-1-2-16(12-29)30(15-4-5-15)21(33)28-14-8-17(31)9-14/h3,6,10,14-17,31H,1-2,4-5,7-9,11-12H2,(H,27,32)(H,28,33)/t14?,16-,17?/m1/s1. The molecule has 3 fully saturated rings. The number of carbonyl (C=O) groups is 2. The number of hydrogen-bond donors (Lipinski definition) is 3. The predicted octanol–water partition coefficient (Wildman–Crippen LogP) is 3.10. The van der Waals surface area contributed by atoms with Gasteiger partial charge in [0.2, 0.25) is 0 Å². The fourth-order valence-corrected chi connectivity index (χ4v) is 4.45. The lowest BCUT2D eigenvalue weighted by atomic mass is 9.90. The average Bonchev–Trinajstić information content (AvgIpc) is 3.56. The summed E-state index contributed by atoms with van der Waals surface area (Å²) < 4.78 is 54.7. The van der Waals surface area contributed by atoms with E-state index in [1.165, 1.54) is 0 Å². The molecule has 2 aliphatic carbocycles. The number of carbonyl (C=O) groups excluding carboxylic acids is 2. The van der Waals surface area contributed by atoms with Gasteiger partial charge in [-0.2, -0.15) is 0 Å². The molecule has 4 amide bonds. The summed E-state index contributed by atoms with van der Waals surface area (Å²) in [5.41, 5.74) is 0.0260. The second-order valence-electron chi connectivity index (χ2n) is 9.11. The lowest BCUT2D eigenvalue weighted by Crippen LogP contribution is -2.58. The van der Waals surface area contributed by atoms with E-state index in [1.54, 1.807) is 4.90 Å². The Morgan fingerprint density at radius 1 is 1.18 bits per heavy atom. The monoisotopic (exact) mass is 488 g/mol. The van der Waals surface area contributed by atoms with E-state index in [2.05, 4.69) is 15.4 Å². The molecule has 34 heavy (non-hydrogen) atoms. The SMILES string of the molecule is O=C(NCc1ccc(OC(F)(F)F)cc1F)N1CCC[C@@H](N(C(=O)NC2CC(O)C2)C2CC2)C1. The molecule has 0 unspecified atom stereocenters. The van der Waals surface area contributed by atoms with E-state index in [0.29, 0.717) is 38.4 Å². The molecule has 0 aromatic heterocycles. The Morgan fingerprint density at radius 2 is 1.91 bits per heavy atom. The maximum Gasteiger partial charge on any atom is 0.573 e. The molecular weight excluding hydrogens is 460 g/mol. The third-order valence-corrected chi connectivity index (χ3v) is 6.38. The molecule has 1 aliphatic heterocycles. The van der Waals surface area contributed by atoms with Crippen LogP contribution in [-0.4, -0.2) is 70.6 Å². The molecule has 2 saturated carbocycles. The molecule has 1 heterocycles. The number of hydrogen-bond acceptors (Lipinski definition) is 4. The molecule has 0 bridgehead atoms. The van der Waals surface area contributed by atoms with Crippen molar-refractivity contribution in [3.8, 4) is 5.75 Å². The Hall–Kier alpha value is -2.76. The lowest BCUT2D eigenvalue weighted by Gasteiger charge is -2.41. The highest BCUT2D eigenvalue weighted by Gasteiger charge is 2.41. The maximum absolute atomic E-state index is 14.2. The molecule has 188 valence electrons. The number of likely N-dealkylation sites (tertiary alicyclic amines) is 1. The number of aliphatic hydroxyl groups is 1. The van der Waals surface area contributed by atoms with Crippen LogP contribution in [0.2, 0.25) is 0 Å². The van der Waals surface area contributed by atoms with E-state index in [-0.39, 0.29) is 42.4 Å². The van der Waals surface area contributed by atoms with E-state index in [0.717, 1.165) is 31.4 Å². The summed E-state index contributed by atoms with van der Waals surface area (Å²) in [5, 5.41) is 15.0. The maximum atomic E-state index is 14.2. The van der Waals surface area contributed by atoms with Crippen molar-refractivity contribution in [1.82, 2.24) is 20.4 Å². The third-order valence-electron chi connectivity index (χ3n) is 6.38. The van der Waals surface area contributed by atoms with Gasteiger partial charge in [0.15, 0.2) is 0 Å². The highest BCUT2D eigenvalue weighted by Crippen LogP contribution is 2.32. The van der Waals surface area contributed by atoms with Crippen LogP contribution in [-0.2, 0) is 6.54 Å². The van der Waals surface area contributed by atoms with E-state index in [4.69, 9.17) is 0 Å². The van der Waals surface area contributed by atoms with Gasteiger partial charge in [0.1, 0.15) is 11.6 Å². The first kappa shape index (κ1) is 24.4. The zero-order valence-corrected chi connectivity index (χ0v) is 18.5. The first-order valence-electron chi connectivity index (χ1n) is 11.4.